The molecule has 1 aliphatic heterocycles. The van der Waals surface area contributed by atoms with E-state index < -0.39 is 10.0 Å². The van der Waals surface area contributed by atoms with Crippen molar-refractivity contribution in [1.29, 1.82) is 0 Å². The first-order valence-electron chi connectivity index (χ1n) is 7.77. The van der Waals surface area contributed by atoms with Gasteiger partial charge in [0.25, 0.3) is 0 Å². The van der Waals surface area contributed by atoms with Gasteiger partial charge in [-0.1, -0.05) is 23.8 Å². The van der Waals surface area contributed by atoms with E-state index in [1.807, 2.05) is 13.0 Å². The molecule has 1 aromatic carbocycles. The predicted molar refractivity (Wildman–Crippen MR) is 88.5 cm³/mol. The number of rotatable bonds is 4. The maximum atomic E-state index is 12.8. The second-order valence-corrected chi connectivity index (χ2v) is 7.73. The Bertz CT molecular complexity index is 677. The highest BCUT2D eigenvalue weighted by Gasteiger charge is 2.25. The predicted octanol–water partition coefficient (Wildman–Crippen LogP) is 2.66. The molecule has 0 spiro atoms. The van der Waals surface area contributed by atoms with Crippen molar-refractivity contribution in [3.8, 4) is 0 Å². The van der Waals surface area contributed by atoms with Crippen molar-refractivity contribution < 1.29 is 17.9 Å². The first-order chi connectivity index (χ1) is 10.9. The average Bonchev–Trinajstić information content (AvgIpc) is 2.46. The van der Waals surface area contributed by atoms with Crippen LogP contribution in [0.3, 0.4) is 0 Å². The third-order valence-electron chi connectivity index (χ3n) is 3.79. The van der Waals surface area contributed by atoms with Crippen LogP contribution in [-0.2, 0) is 19.6 Å². The normalized spacial score (nSPS) is 19.3. The van der Waals surface area contributed by atoms with E-state index in [4.69, 9.17) is 4.74 Å². The minimum atomic E-state index is -3.54. The first kappa shape index (κ1) is 17.7. The number of allylic oxidation sites excluding steroid dienone is 1. The van der Waals surface area contributed by atoms with Crippen LogP contribution in [0.2, 0.25) is 0 Å². The molecule has 0 saturated heterocycles. The van der Waals surface area contributed by atoms with Gasteiger partial charge in [-0.05, 0) is 43.9 Å². The van der Waals surface area contributed by atoms with Crippen molar-refractivity contribution in [2.24, 2.45) is 0 Å². The molecule has 0 fully saturated rings. The number of sulfonamides is 1. The Morgan fingerprint density at radius 2 is 1.91 bits per heavy atom. The molecule has 1 aromatic rings. The van der Waals surface area contributed by atoms with E-state index >= 15 is 0 Å². The monoisotopic (exact) mass is 337 g/mol. The van der Waals surface area contributed by atoms with Gasteiger partial charge in [-0.2, -0.15) is 4.31 Å². The van der Waals surface area contributed by atoms with Gasteiger partial charge in [0.15, 0.2) is 0 Å². The fraction of sp³-hybridized carbons (Fsp3) is 0.471. The summed E-state index contributed by atoms with van der Waals surface area (Å²) in [5.41, 5.74) is 1.85. The van der Waals surface area contributed by atoms with Crippen LogP contribution < -0.4 is 0 Å². The maximum absolute atomic E-state index is 12.8. The number of hydrogen-bond donors (Lipinski definition) is 0. The van der Waals surface area contributed by atoms with Gasteiger partial charge in [-0.25, -0.2) is 8.42 Å². The van der Waals surface area contributed by atoms with Crippen LogP contribution in [0.5, 0.6) is 0 Å². The molecule has 0 aromatic heterocycles. The zero-order chi connectivity index (χ0) is 16.9. The molecule has 0 atom stereocenters. The van der Waals surface area contributed by atoms with E-state index in [1.165, 1.54) is 11.2 Å². The highest BCUT2D eigenvalue weighted by atomic mass is 32.2. The van der Waals surface area contributed by atoms with Gasteiger partial charge in [0.05, 0.1) is 4.90 Å². The molecule has 0 aliphatic carbocycles. The van der Waals surface area contributed by atoms with Gasteiger partial charge >= 0.3 is 5.97 Å². The lowest BCUT2D eigenvalue weighted by molar-refractivity contribution is -0.140. The number of nitrogens with zero attached hydrogens (tertiary/aromatic N) is 1. The van der Waals surface area contributed by atoms with E-state index in [2.05, 4.69) is 0 Å². The van der Waals surface area contributed by atoms with Crippen molar-refractivity contribution in [3.05, 3.63) is 41.5 Å². The quantitative estimate of drug-likeness (QED) is 0.626. The van der Waals surface area contributed by atoms with Gasteiger partial charge in [-0.15, -0.1) is 0 Å². The maximum Gasteiger partial charge on any atom is 0.302 e. The highest BCUT2D eigenvalue weighted by Crippen LogP contribution is 2.21. The highest BCUT2D eigenvalue weighted by molar-refractivity contribution is 7.89. The molecule has 1 aliphatic rings. The fourth-order valence-corrected chi connectivity index (χ4v) is 3.96. The minimum Gasteiger partial charge on any atom is -0.461 e. The first-order valence-corrected chi connectivity index (χ1v) is 9.21. The molecule has 126 valence electrons. The molecule has 0 unspecified atom stereocenters. The van der Waals surface area contributed by atoms with Crippen molar-refractivity contribution in [2.75, 3.05) is 19.7 Å². The number of carbonyl (C=O) groups excluding carboxylic acids is 1. The number of esters is 1. The Kier molecular flexibility index (Phi) is 5.96. The molecule has 0 N–H and O–H groups in total. The smallest absolute Gasteiger partial charge is 0.302 e. The number of carbonyl (C=O) groups is 1. The summed E-state index contributed by atoms with van der Waals surface area (Å²) < 4.78 is 32.2. The summed E-state index contributed by atoms with van der Waals surface area (Å²) in [6.07, 6.45) is 4.61. The summed E-state index contributed by atoms with van der Waals surface area (Å²) in [5.74, 6) is -0.360. The van der Waals surface area contributed by atoms with Crippen molar-refractivity contribution >= 4 is 16.0 Å². The standard InChI is InChI=1S/C17H23NO4S/c1-14-7-9-17(10-8-14)23(20,21)18-11-5-3-4-6-16(12-18)13-22-15(2)19/h6-10H,3-5,11-13H2,1-2H3/b16-6+. The summed E-state index contributed by atoms with van der Waals surface area (Å²) in [5, 5.41) is 0. The Labute approximate surface area is 138 Å². The fourth-order valence-electron chi connectivity index (χ4n) is 2.47. The van der Waals surface area contributed by atoms with Crippen molar-refractivity contribution in [2.45, 2.75) is 38.0 Å². The molecule has 6 heteroatoms. The van der Waals surface area contributed by atoms with Crippen molar-refractivity contribution in [3.63, 3.8) is 0 Å². The number of hydrogen-bond acceptors (Lipinski definition) is 4. The SMILES string of the molecule is CC(=O)OC/C1=C/CCCCN(S(=O)(=O)c2ccc(C)cc2)C1. The van der Waals surface area contributed by atoms with Gasteiger partial charge in [-0.3, -0.25) is 4.79 Å². The molecule has 1 heterocycles. The van der Waals surface area contributed by atoms with Crippen LogP contribution in [0, 0.1) is 6.92 Å². The lowest BCUT2D eigenvalue weighted by Crippen LogP contribution is -2.35. The zero-order valence-corrected chi connectivity index (χ0v) is 14.4. The van der Waals surface area contributed by atoms with Gasteiger partial charge < -0.3 is 4.74 Å². The molecular formula is C17H23NO4S. The molecule has 0 radical (unpaired) electrons. The van der Waals surface area contributed by atoms with E-state index in [0.29, 0.717) is 11.4 Å². The summed E-state index contributed by atoms with van der Waals surface area (Å²) in [4.78, 5) is 11.3. The van der Waals surface area contributed by atoms with Crippen LogP contribution in [0.15, 0.2) is 40.8 Å². The van der Waals surface area contributed by atoms with Crippen LogP contribution in [0.25, 0.3) is 0 Å². The van der Waals surface area contributed by atoms with Crippen LogP contribution in [-0.4, -0.2) is 38.4 Å². The molecule has 0 saturated carbocycles. The third-order valence-corrected chi connectivity index (χ3v) is 5.65. The second kappa shape index (κ2) is 7.75. The third kappa shape index (κ3) is 4.91. The van der Waals surface area contributed by atoms with Crippen LogP contribution in [0.4, 0.5) is 0 Å². The molecule has 23 heavy (non-hydrogen) atoms. The van der Waals surface area contributed by atoms with Gasteiger partial charge in [0.2, 0.25) is 10.0 Å². The number of ether oxygens (including phenoxy) is 1. The molecule has 2 rings (SSSR count). The van der Waals surface area contributed by atoms with Crippen LogP contribution >= 0.6 is 0 Å². The Morgan fingerprint density at radius 3 is 2.57 bits per heavy atom. The number of benzene rings is 1. The number of aryl methyl sites for hydroxylation is 1. The lowest BCUT2D eigenvalue weighted by Gasteiger charge is -2.25. The van der Waals surface area contributed by atoms with Crippen LogP contribution in [0.1, 0.15) is 31.7 Å². The van der Waals surface area contributed by atoms with E-state index in [0.717, 1.165) is 30.4 Å². The van der Waals surface area contributed by atoms with Gasteiger partial charge in [0.1, 0.15) is 6.61 Å². The summed E-state index contributed by atoms with van der Waals surface area (Å²) in [7, 11) is -3.54. The molecule has 0 bridgehead atoms. The second-order valence-electron chi connectivity index (χ2n) is 5.79. The van der Waals surface area contributed by atoms with E-state index in [-0.39, 0.29) is 19.1 Å². The minimum absolute atomic E-state index is 0.148. The molecular weight excluding hydrogens is 314 g/mol. The Morgan fingerprint density at radius 1 is 1.22 bits per heavy atom. The summed E-state index contributed by atoms with van der Waals surface area (Å²) in [6, 6.07) is 6.87. The van der Waals surface area contributed by atoms with Crippen molar-refractivity contribution in [1.82, 2.24) is 4.31 Å². The Hall–Kier alpha value is -1.66. The topological polar surface area (TPSA) is 63.7 Å². The largest absolute Gasteiger partial charge is 0.461 e. The summed E-state index contributed by atoms with van der Waals surface area (Å²) in [6.45, 7) is 4.17. The van der Waals surface area contributed by atoms with E-state index in [9.17, 15) is 13.2 Å². The summed E-state index contributed by atoms with van der Waals surface area (Å²) >= 11 is 0. The lowest BCUT2D eigenvalue weighted by atomic mass is 10.1. The Balaban J connectivity index is 2.21. The van der Waals surface area contributed by atoms with E-state index in [1.54, 1.807) is 24.3 Å². The van der Waals surface area contributed by atoms with Gasteiger partial charge in [0, 0.05) is 20.0 Å². The molecule has 0 amide bonds. The average molecular weight is 337 g/mol. The molecule has 5 nitrogen and oxygen atoms in total. The zero-order valence-electron chi connectivity index (χ0n) is 13.6.